The van der Waals surface area contributed by atoms with Crippen molar-refractivity contribution in [1.82, 2.24) is 30.7 Å². The van der Waals surface area contributed by atoms with Crippen LogP contribution in [0.15, 0.2) is 0 Å². The van der Waals surface area contributed by atoms with Gasteiger partial charge in [-0.05, 0) is 183 Å². The monoisotopic (exact) mass is 2040 g/mol. The number of likely N-dealkylation sites (N-methyl/N-ethyl adjacent to an activating group) is 2. The molecule has 0 bridgehead atoms. The molecule has 0 aliphatic heterocycles. The summed E-state index contributed by atoms with van der Waals surface area (Å²) >= 11 is 11.9. The first-order chi connectivity index (χ1) is 41.6. The summed E-state index contributed by atoms with van der Waals surface area (Å²) in [5, 5.41) is 144. The Morgan fingerprint density at radius 3 is 1.02 bits per heavy atom. The van der Waals surface area contributed by atoms with E-state index in [9.17, 15) is 105 Å². The summed E-state index contributed by atoms with van der Waals surface area (Å²) in [6.45, 7) is -6.33. The molecule has 3 aromatic rings. The molecular weight excluding hydrogens is 1980 g/mol. The number of carbonyl (C=O) groups is 9. The number of aliphatic hydroxyl groups excluding tert-OH is 13. The van der Waals surface area contributed by atoms with Gasteiger partial charge in [-0.1, -0.05) is 0 Å². The molecule has 38 heteroatoms. The number of carbonyl (C=O) groups excluding carboxylic acids is 9. The fourth-order valence-electron chi connectivity index (χ4n) is 7.82. The molecule has 0 aliphatic rings. The van der Waals surface area contributed by atoms with Gasteiger partial charge in [-0.3, -0.25) is 43.2 Å². The van der Waals surface area contributed by atoms with Gasteiger partial charge in [0.2, 0.25) is 0 Å². The van der Waals surface area contributed by atoms with Crippen LogP contribution < -0.4 is 31.9 Å². The Morgan fingerprint density at radius 2 is 0.674 bits per heavy atom. The number of aliphatic hydroxyl groups is 13. The molecule has 0 fully saturated rings. The van der Waals surface area contributed by atoms with Crippen molar-refractivity contribution < 1.29 is 110 Å². The Balaban J connectivity index is 2.36. The van der Waals surface area contributed by atoms with E-state index in [1.54, 1.807) is 158 Å². The maximum Gasteiger partial charge on any atom is 0.255 e. The van der Waals surface area contributed by atoms with Gasteiger partial charge in [-0.2, -0.15) is 0 Å². The lowest BCUT2D eigenvalue weighted by Gasteiger charge is -2.31. The standard InChI is InChI=1S/C51H64I7N9O22/c1-18-27(33(52)29(46(84)59-7-20(74)12-68)36(55)40(18)62-43(81)24(78)15-71)49(87)65(3)5-6-67(51(89)28-19(2)41(63-44(82)25(79)16-72)37(56)30(34(28)53)47(85)60-8-21(75)13-69)11-23(77)10-66(4)50(88)32-35(54)31(48(86)61-9-22(76)14-70)38(57)42(39(32)58)64-45(83)26(80)17-73/h20-26,68-80H,5-17H2,1-4H3,(H,59,84)(H,60,85)(H,61,86)(H,62,81)(H,63,82)(H,64,83). The zero-order valence-electron chi connectivity index (χ0n) is 47.2. The molecule has 0 saturated heterocycles. The van der Waals surface area contributed by atoms with Gasteiger partial charge in [0.05, 0.1) is 129 Å². The molecule has 19 N–H and O–H groups in total. The van der Waals surface area contributed by atoms with Crippen LogP contribution in [-0.2, 0) is 14.4 Å². The molecular formula is C51H64I7N9O22. The number of amides is 9. The molecule has 7 unspecified atom stereocenters. The minimum absolute atomic E-state index is 0.000626. The Hall–Kier alpha value is -2.52. The van der Waals surface area contributed by atoms with Crippen molar-refractivity contribution in [2.24, 2.45) is 0 Å². The molecule has 494 valence electrons. The zero-order chi connectivity index (χ0) is 67.8. The second kappa shape index (κ2) is 37.5. The van der Waals surface area contributed by atoms with Crippen LogP contribution in [0, 0.1) is 38.8 Å². The fraction of sp³-hybridized carbons (Fsp3) is 0.471. The van der Waals surface area contributed by atoms with Gasteiger partial charge in [0.25, 0.3) is 53.2 Å². The average molecular weight is 2040 g/mol. The van der Waals surface area contributed by atoms with E-state index in [0.717, 1.165) is 14.7 Å². The summed E-state index contributed by atoms with van der Waals surface area (Å²) in [4.78, 5) is 129. The highest BCUT2D eigenvalue weighted by Gasteiger charge is 2.36. The van der Waals surface area contributed by atoms with Gasteiger partial charge in [-0.15, -0.1) is 0 Å². The van der Waals surface area contributed by atoms with Crippen molar-refractivity contribution in [3.63, 3.8) is 0 Å². The quantitative estimate of drug-likeness (QED) is 0.0286. The molecule has 0 heterocycles. The van der Waals surface area contributed by atoms with Crippen LogP contribution in [0.2, 0.25) is 0 Å². The first kappa shape index (κ1) is 80.7. The summed E-state index contributed by atoms with van der Waals surface area (Å²) in [5.41, 5.74) is -2.01. The highest BCUT2D eigenvalue weighted by atomic mass is 127. The van der Waals surface area contributed by atoms with Crippen molar-refractivity contribution in [3.8, 4) is 0 Å². The zero-order valence-corrected chi connectivity index (χ0v) is 62.3. The summed E-state index contributed by atoms with van der Waals surface area (Å²) in [6.07, 6.45) is -11.9. The first-order valence-electron chi connectivity index (χ1n) is 25.9. The van der Waals surface area contributed by atoms with Crippen molar-refractivity contribution >= 4 is 228 Å². The van der Waals surface area contributed by atoms with Gasteiger partial charge in [0.1, 0.15) is 0 Å². The van der Waals surface area contributed by atoms with Gasteiger partial charge < -0.3 is 113 Å². The van der Waals surface area contributed by atoms with E-state index in [4.69, 9.17) is 0 Å². The third-order valence-corrected chi connectivity index (χ3v) is 20.3. The van der Waals surface area contributed by atoms with Crippen LogP contribution in [0.3, 0.4) is 0 Å². The molecule has 89 heavy (non-hydrogen) atoms. The highest BCUT2D eigenvalue weighted by Crippen LogP contribution is 2.39. The second-order valence-corrected chi connectivity index (χ2v) is 26.9. The number of benzene rings is 3. The lowest BCUT2D eigenvalue weighted by atomic mass is 9.99. The van der Waals surface area contributed by atoms with Crippen LogP contribution >= 0.6 is 158 Å². The first-order valence-corrected chi connectivity index (χ1v) is 33.4. The molecule has 9 amide bonds. The Kier molecular flexibility index (Phi) is 34.0. The third-order valence-electron chi connectivity index (χ3n) is 12.8. The van der Waals surface area contributed by atoms with E-state index in [0.29, 0.717) is 0 Å². The van der Waals surface area contributed by atoms with Gasteiger partial charge >= 0.3 is 0 Å². The van der Waals surface area contributed by atoms with Crippen LogP contribution in [0.4, 0.5) is 17.1 Å². The number of hydrogen-bond acceptors (Lipinski definition) is 22. The number of anilines is 3. The minimum Gasteiger partial charge on any atom is -0.394 e. The van der Waals surface area contributed by atoms with Gasteiger partial charge in [0, 0.05) is 70.6 Å². The second-order valence-electron chi connectivity index (χ2n) is 19.3. The average Bonchev–Trinajstić information content (AvgIpc) is 0.873. The molecule has 0 aromatic heterocycles. The molecule has 7 atom stereocenters. The lowest BCUT2D eigenvalue weighted by Crippen LogP contribution is -2.47. The largest absolute Gasteiger partial charge is 0.394 e. The normalized spacial score (nSPS) is 13.6. The van der Waals surface area contributed by atoms with Crippen LogP contribution in [0.5, 0.6) is 0 Å². The molecule has 3 rings (SSSR count). The van der Waals surface area contributed by atoms with Crippen LogP contribution in [0.25, 0.3) is 0 Å². The summed E-state index contributed by atoms with van der Waals surface area (Å²) in [5.74, 6) is -8.90. The number of halogens is 7. The molecule has 0 saturated carbocycles. The van der Waals surface area contributed by atoms with Crippen molar-refractivity contribution in [2.45, 2.75) is 56.6 Å². The predicted octanol–water partition coefficient (Wildman–Crippen LogP) is -2.99. The van der Waals surface area contributed by atoms with E-state index >= 15 is 4.79 Å². The van der Waals surface area contributed by atoms with Gasteiger partial charge in [0.15, 0.2) is 18.3 Å². The Labute approximate surface area is 603 Å². The van der Waals surface area contributed by atoms with Crippen molar-refractivity contribution in [1.29, 1.82) is 0 Å². The molecule has 0 radical (unpaired) electrons. The lowest BCUT2D eigenvalue weighted by molar-refractivity contribution is -0.126. The summed E-state index contributed by atoms with van der Waals surface area (Å²) in [7, 11) is 2.51. The number of hydrogen-bond donors (Lipinski definition) is 19. The van der Waals surface area contributed by atoms with E-state index < -0.39 is 181 Å². The summed E-state index contributed by atoms with van der Waals surface area (Å²) in [6, 6.07) is 0. The molecule has 0 spiro atoms. The van der Waals surface area contributed by atoms with E-state index in [-0.39, 0.29) is 86.6 Å². The fourth-order valence-corrected chi connectivity index (χ4v) is 17.7. The number of nitrogens with one attached hydrogen (secondary N) is 6. The predicted molar refractivity (Wildman–Crippen MR) is 375 cm³/mol. The van der Waals surface area contributed by atoms with Crippen LogP contribution in [0.1, 0.15) is 73.3 Å². The van der Waals surface area contributed by atoms with E-state index in [1.807, 2.05) is 0 Å². The molecule has 31 nitrogen and oxygen atoms in total. The maximum atomic E-state index is 15.5. The topological polar surface area (TPSA) is 499 Å². The molecule has 3 aromatic carbocycles. The minimum atomic E-state index is -2.01. The van der Waals surface area contributed by atoms with Crippen LogP contribution in [-0.4, -0.2) is 277 Å². The molecule has 0 aliphatic carbocycles. The highest BCUT2D eigenvalue weighted by molar-refractivity contribution is 14.1. The SMILES string of the molecule is Cc1c(NC(=O)C(O)CO)c(I)c(C(=O)NCC(O)CO)c(I)c1C(=O)N(C)CCN(CC(O)CN(C)C(=O)c1c(I)c(NC(=O)C(O)CO)c(I)c(C(=O)NCC(O)CO)c1I)C(=O)c1c(C)c(NC(=O)C(O)CO)c(I)c(C(=O)NCC(O)CO)c1I. The third kappa shape index (κ3) is 20.7. The van der Waals surface area contributed by atoms with Crippen molar-refractivity contribution in [3.05, 3.63) is 69.5 Å². The Bertz CT molecular complexity index is 3170. The van der Waals surface area contributed by atoms with Gasteiger partial charge in [-0.25, -0.2) is 0 Å². The Morgan fingerprint density at radius 1 is 0.371 bits per heavy atom. The van der Waals surface area contributed by atoms with E-state index in [1.165, 1.54) is 27.9 Å². The van der Waals surface area contributed by atoms with E-state index in [2.05, 4.69) is 31.9 Å². The maximum absolute atomic E-state index is 15.5. The smallest absolute Gasteiger partial charge is 0.255 e. The number of nitrogens with zero attached hydrogens (tertiary/aromatic N) is 3. The summed E-state index contributed by atoms with van der Waals surface area (Å²) < 4.78 is -0.0266. The van der Waals surface area contributed by atoms with Crippen molar-refractivity contribution in [2.75, 3.05) is 116 Å². The number of rotatable bonds is 31.